The number of Topliss-reactive ketones (excluding diaryl/α,β-unsaturated/α-hetero) is 3. The first-order valence-electron chi connectivity index (χ1n) is 19.0. The minimum absolute atomic E-state index is 0.0922. The van der Waals surface area contributed by atoms with Crippen LogP contribution in [0.15, 0.2) is 12.2 Å². The first kappa shape index (κ1) is 43.6. The molecule has 0 saturated carbocycles. The van der Waals surface area contributed by atoms with Crippen molar-refractivity contribution in [1.82, 2.24) is 0 Å². The molecular formula is C39H72O6. The topological polar surface area (TPSA) is 112 Å². The Hall–Kier alpha value is -1.37. The van der Waals surface area contributed by atoms with E-state index in [9.17, 15) is 29.7 Å². The average Bonchev–Trinajstić information content (AvgIpc) is 3.03. The van der Waals surface area contributed by atoms with Crippen LogP contribution < -0.4 is 0 Å². The van der Waals surface area contributed by atoms with E-state index in [1.807, 2.05) is 0 Å². The summed E-state index contributed by atoms with van der Waals surface area (Å²) in [6.07, 6.45) is 33.5. The predicted octanol–water partition coefficient (Wildman–Crippen LogP) is 9.69. The fraction of sp³-hybridized carbons (Fsp3) is 0.872. The molecule has 0 amide bonds. The lowest BCUT2D eigenvalue weighted by molar-refractivity contribution is -0.193. The van der Waals surface area contributed by atoms with Gasteiger partial charge in [-0.2, -0.15) is 0 Å². The molecule has 0 aromatic carbocycles. The molecule has 0 aliphatic rings. The second kappa shape index (κ2) is 28.8. The van der Waals surface area contributed by atoms with Gasteiger partial charge in [-0.1, -0.05) is 154 Å². The maximum absolute atomic E-state index is 13.0. The van der Waals surface area contributed by atoms with Crippen molar-refractivity contribution in [2.45, 2.75) is 212 Å². The molecule has 0 radical (unpaired) electrons. The van der Waals surface area contributed by atoms with Gasteiger partial charge < -0.3 is 15.3 Å². The lowest BCUT2D eigenvalue weighted by Gasteiger charge is -2.38. The van der Waals surface area contributed by atoms with E-state index in [1.54, 1.807) is 0 Å². The third-order valence-corrected chi connectivity index (χ3v) is 9.37. The Morgan fingerprint density at radius 1 is 0.489 bits per heavy atom. The monoisotopic (exact) mass is 637 g/mol. The minimum Gasteiger partial charge on any atom is -0.393 e. The first-order valence-corrected chi connectivity index (χ1v) is 19.0. The Bertz CT molecular complexity index is 777. The number of hydrogen-bond acceptors (Lipinski definition) is 6. The largest absolute Gasteiger partial charge is 0.393 e. The Balaban J connectivity index is 4.31. The molecule has 0 aliphatic carbocycles. The van der Waals surface area contributed by atoms with Gasteiger partial charge in [0.25, 0.3) is 0 Å². The Morgan fingerprint density at radius 3 is 1.13 bits per heavy atom. The number of allylic oxidation sites excluding steroid dienone is 2. The van der Waals surface area contributed by atoms with Crippen molar-refractivity contribution >= 4 is 17.3 Å². The minimum atomic E-state index is -2.92. The highest BCUT2D eigenvalue weighted by molar-refractivity contribution is 6.15. The Labute approximate surface area is 277 Å². The van der Waals surface area contributed by atoms with Crippen molar-refractivity contribution in [2.75, 3.05) is 6.61 Å². The molecule has 264 valence electrons. The zero-order valence-corrected chi connectivity index (χ0v) is 29.7. The summed E-state index contributed by atoms with van der Waals surface area (Å²) in [5, 5.41) is 32.2. The Morgan fingerprint density at radius 2 is 0.800 bits per heavy atom. The van der Waals surface area contributed by atoms with E-state index in [2.05, 4.69) is 26.0 Å². The molecule has 0 rings (SSSR count). The summed E-state index contributed by atoms with van der Waals surface area (Å²) in [5.41, 5.74) is -5.73. The van der Waals surface area contributed by atoms with Crippen LogP contribution in [-0.2, 0) is 14.4 Å². The molecule has 6 heteroatoms. The SMILES string of the molecule is CCCCCCCC/C=C\CCCCCCCC(=O)C(O)(C(C)=O)C(O)(CO)C(=O)CCCCCCCCCCCCCCC. The van der Waals surface area contributed by atoms with Gasteiger partial charge in [-0.15, -0.1) is 0 Å². The number of aliphatic hydroxyl groups is 3. The molecule has 0 fully saturated rings. The summed E-state index contributed by atoms with van der Waals surface area (Å²) in [5.74, 6) is -2.73. The van der Waals surface area contributed by atoms with Gasteiger partial charge >= 0.3 is 0 Å². The summed E-state index contributed by atoms with van der Waals surface area (Å²) in [7, 11) is 0. The molecule has 0 bridgehead atoms. The molecule has 2 atom stereocenters. The van der Waals surface area contributed by atoms with Gasteiger partial charge in [0.15, 0.2) is 23.0 Å². The van der Waals surface area contributed by atoms with Crippen LogP contribution in [0, 0.1) is 0 Å². The number of ketones is 3. The molecule has 2 unspecified atom stereocenters. The van der Waals surface area contributed by atoms with Gasteiger partial charge in [-0.25, -0.2) is 0 Å². The van der Waals surface area contributed by atoms with Gasteiger partial charge in [0.2, 0.25) is 5.60 Å². The van der Waals surface area contributed by atoms with Gasteiger partial charge in [0, 0.05) is 12.8 Å². The lowest BCUT2D eigenvalue weighted by atomic mass is 9.72. The average molecular weight is 637 g/mol. The molecule has 0 spiro atoms. The highest BCUT2D eigenvalue weighted by atomic mass is 16.4. The van der Waals surface area contributed by atoms with E-state index in [4.69, 9.17) is 0 Å². The molecule has 0 aliphatic heterocycles. The highest BCUT2D eigenvalue weighted by Crippen LogP contribution is 2.30. The quantitative estimate of drug-likeness (QED) is 0.0368. The van der Waals surface area contributed by atoms with Crippen molar-refractivity contribution < 1.29 is 29.7 Å². The van der Waals surface area contributed by atoms with Crippen LogP contribution in [0.2, 0.25) is 0 Å². The van der Waals surface area contributed by atoms with Crippen LogP contribution in [-0.4, -0.2) is 50.5 Å². The maximum Gasteiger partial charge on any atom is 0.219 e. The number of unbranched alkanes of at least 4 members (excludes halogenated alkanes) is 23. The molecule has 6 nitrogen and oxygen atoms in total. The summed E-state index contributed by atoms with van der Waals surface area (Å²) >= 11 is 0. The fourth-order valence-corrected chi connectivity index (χ4v) is 6.17. The van der Waals surface area contributed by atoms with Crippen molar-refractivity contribution in [3.05, 3.63) is 12.2 Å². The third kappa shape index (κ3) is 19.1. The van der Waals surface area contributed by atoms with Crippen LogP contribution in [0.5, 0.6) is 0 Å². The van der Waals surface area contributed by atoms with E-state index < -0.39 is 35.2 Å². The van der Waals surface area contributed by atoms with Gasteiger partial charge in [-0.3, -0.25) is 14.4 Å². The zero-order chi connectivity index (χ0) is 33.7. The summed E-state index contributed by atoms with van der Waals surface area (Å²) in [4.78, 5) is 38.5. The zero-order valence-electron chi connectivity index (χ0n) is 29.7. The van der Waals surface area contributed by atoms with Crippen LogP contribution in [0.25, 0.3) is 0 Å². The van der Waals surface area contributed by atoms with Gasteiger partial charge in [-0.05, 0) is 45.4 Å². The summed E-state index contributed by atoms with van der Waals surface area (Å²) < 4.78 is 0. The van der Waals surface area contributed by atoms with Crippen LogP contribution in [0.4, 0.5) is 0 Å². The van der Waals surface area contributed by atoms with E-state index in [0.717, 1.165) is 64.7 Å². The van der Waals surface area contributed by atoms with Gasteiger partial charge in [0.05, 0.1) is 6.61 Å². The van der Waals surface area contributed by atoms with Crippen LogP contribution >= 0.6 is 0 Å². The van der Waals surface area contributed by atoms with E-state index in [1.165, 1.54) is 96.3 Å². The van der Waals surface area contributed by atoms with Crippen molar-refractivity contribution in [3.8, 4) is 0 Å². The van der Waals surface area contributed by atoms with E-state index >= 15 is 0 Å². The molecule has 0 aromatic rings. The second-order valence-electron chi connectivity index (χ2n) is 13.5. The number of aliphatic hydroxyl groups excluding tert-OH is 1. The number of rotatable bonds is 34. The maximum atomic E-state index is 13.0. The molecule has 45 heavy (non-hydrogen) atoms. The normalized spacial score (nSPS) is 14.4. The first-order chi connectivity index (χ1) is 21.7. The van der Waals surface area contributed by atoms with Crippen molar-refractivity contribution in [1.29, 1.82) is 0 Å². The Kier molecular flexibility index (Phi) is 27.9. The van der Waals surface area contributed by atoms with Gasteiger partial charge in [0.1, 0.15) is 0 Å². The molecule has 3 N–H and O–H groups in total. The fourth-order valence-electron chi connectivity index (χ4n) is 6.17. The van der Waals surface area contributed by atoms with Crippen molar-refractivity contribution in [3.63, 3.8) is 0 Å². The number of carbonyl (C=O) groups excluding carboxylic acids is 3. The number of carbonyl (C=O) groups is 3. The van der Waals surface area contributed by atoms with Crippen LogP contribution in [0.3, 0.4) is 0 Å². The number of hydrogen-bond donors (Lipinski definition) is 3. The molecular weight excluding hydrogens is 564 g/mol. The van der Waals surface area contributed by atoms with Crippen molar-refractivity contribution in [2.24, 2.45) is 0 Å². The third-order valence-electron chi connectivity index (χ3n) is 9.37. The van der Waals surface area contributed by atoms with E-state index in [-0.39, 0.29) is 12.8 Å². The molecule has 0 saturated heterocycles. The molecule has 0 heterocycles. The smallest absolute Gasteiger partial charge is 0.219 e. The van der Waals surface area contributed by atoms with Crippen LogP contribution in [0.1, 0.15) is 201 Å². The lowest BCUT2D eigenvalue weighted by Crippen LogP contribution is -2.69. The summed E-state index contributed by atoms with van der Waals surface area (Å²) in [6.45, 7) is 4.30. The molecule has 0 aromatic heterocycles. The highest BCUT2D eigenvalue weighted by Gasteiger charge is 2.61. The standard InChI is InChI=1S/C39H72O6/c1-4-6-8-10-12-14-16-18-19-21-23-25-27-29-31-33-37(43)39(45,35(3)41)38(44,34-40)36(42)32-30-28-26-24-22-20-17-15-13-11-9-7-5-2/h18-19,40,44-45H,4-17,20-34H2,1-3H3/b19-18-. The second-order valence-corrected chi connectivity index (χ2v) is 13.5. The van der Waals surface area contributed by atoms with E-state index in [0.29, 0.717) is 12.8 Å². The summed E-state index contributed by atoms with van der Waals surface area (Å²) in [6, 6.07) is 0. The predicted molar refractivity (Wildman–Crippen MR) is 187 cm³/mol.